The lowest BCUT2D eigenvalue weighted by Gasteiger charge is -2.29. The van der Waals surface area contributed by atoms with Crippen molar-refractivity contribution < 1.29 is 4.79 Å². The van der Waals surface area contributed by atoms with E-state index in [0.717, 1.165) is 4.47 Å². The standard InChI is InChI=1S/C12H13BrCl3NO/c1-2-12(6-14,7-15)17-11(18)9-4-3-8(13)5-10(9)16/h3-5H,2,6-7H2,1H3,(H,17,18). The van der Waals surface area contributed by atoms with E-state index in [2.05, 4.69) is 21.2 Å². The normalized spacial score (nSPS) is 11.4. The first-order valence-corrected chi connectivity index (χ1v) is 7.61. The van der Waals surface area contributed by atoms with Crippen LogP contribution in [0, 0.1) is 0 Å². The van der Waals surface area contributed by atoms with E-state index in [4.69, 9.17) is 34.8 Å². The smallest absolute Gasteiger partial charge is 0.253 e. The van der Waals surface area contributed by atoms with Crippen LogP contribution in [0.1, 0.15) is 23.7 Å². The molecular formula is C12H13BrCl3NO. The van der Waals surface area contributed by atoms with Gasteiger partial charge in [-0.25, -0.2) is 0 Å². The Morgan fingerprint density at radius 2 is 2.00 bits per heavy atom. The maximum atomic E-state index is 12.1. The number of carbonyl (C=O) groups is 1. The van der Waals surface area contributed by atoms with E-state index in [-0.39, 0.29) is 17.7 Å². The molecule has 0 atom stereocenters. The van der Waals surface area contributed by atoms with Crippen LogP contribution in [0.15, 0.2) is 22.7 Å². The van der Waals surface area contributed by atoms with Gasteiger partial charge in [-0.05, 0) is 24.6 Å². The molecule has 0 aliphatic carbocycles. The lowest BCUT2D eigenvalue weighted by atomic mass is 10.0. The molecule has 0 radical (unpaired) electrons. The molecule has 1 aromatic carbocycles. The second-order valence-corrected chi connectivity index (χ2v) is 5.84. The fourth-order valence-corrected chi connectivity index (χ4v) is 2.92. The quantitative estimate of drug-likeness (QED) is 0.759. The van der Waals surface area contributed by atoms with Gasteiger partial charge in [-0.1, -0.05) is 34.5 Å². The SMILES string of the molecule is CCC(CCl)(CCl)NC(=O)c1ccc(Br)cc1Cl. The van der Waals surface area contributed by atoms with Gasteiger partial charge in [0.25, 0.3) is 5.91 Å². The highest BCUT2D eigenvalue weighted by Crippen LogP contribution is 2.23. The zero-order valence-corrected chi connectivity index (χ0v) is 13.6. The van der Waals surface area contributed by atoms with Gasteiger partial charge in [-0.3, -0.25) is 4.79 Å². The molecule has 1 rings (SSSR count). The molecular weight excluding hydrogens is 360 g/mol. The Morgan fingerprint density at radius 1 is 1.39 bits per heavy atom. The van der Waals surface area contributed by atoms with Gasteiger partial charge in [0.2, 0.25) is 0 Å². The van der Waals surface area contributed by atoms with Crippen LogP contribution >= 0.6 is 50.7 Å². The average molecular weight is 374 g/mol. The topological polar surface area (TPSA) is 29.1 Å². The third-order valence-electron chi connectivity index (χ3n) is 2.74. The fourth-order valence-electron chi connectivity index (χ4n) is 1.36. The van der Waals surface area contributed by atoms with Gasteiger partial charge in [0.1, 0.15) is 0 Å². The zero-order valence-electron chi connectivity index (χ0n) is 9.77. The number of carbonyl (C=O) groups excluding carboxylic acids is 1. The number of halogens is 4. The summed E-state index contributed by atoms with van der Waals surface area (Å²) in [5.74, 6) is 0.246. The molecule has 1 amide bonds. The molecule has 0 aliphatic rings. The van der Waals surface area contributed by atoms with Gasteiger partial charge >= 0.3 is 0 Å². The summed E-state index contributed by atoms with van der Waals surface area (Å²) in [4.78, 5) is 12.1. The highest BCUT2D eigenvalue weighted by atomic mass is 79.9. The number of rotatable bonds is 5. The summed E-state index contributed by atoms with van der Waals surface area (Å²) in [6.45, 7) is 1.92. The predicted octanol–water partition coefficient (Wildman–Crippen LogP) is 4.46. The van der Waals surface area contributed by atoms with Gasteiger partial charge in [-0.15, -0.1) is 23.2 Å². The van der Waals surface area contributed by atoms with Crippen molar-refractivity contribution >= 4 is 56.6 Å². The lowest BCUT2D eigenvalue weighted by Crippen LogP contribution is -2.51. The van der Waals surface area contributed by atoms with Crippen LogP contribution in [0.25, 0.3) is 0 Å². The molecule has 0 unspecified atom stereocenters. The number of benzene rings is 1. The first-order valence-electron chi connectivity index (χ1n) is 5.37. The summed E-state index contributed by atoms with van der Waals surface area (Å²) < 4.78 is 0.820. The van der Waals surface area contributed by atoms with Crippen molar-refractivity contribution in [2.75, 3.05) is 11.8 Å². The molecule has 0 spiro atoms. The second-order valence-electron chi connectivity index (χ2n) is 3.98. The largest absolute Gasteiger partial charge is 0.344 e. The maximum absolute atomic E-state index is 12.1. The van der Waals surface area contributed by atoms with Gasteiger partial charge < -0.3 is 5.32 Å². The summed E-state index contributed by atoms with van der Waals surface area (Å²) in [6.07, 6.45) is 0.653. The first kappa shape index (κ1) is 16.1. The number of hydrogen-bond donors (Lipinski definition) is 1. The van der Waals surface area contributed by atoms with E-state index in [1.54, 1.807) is 18.2 Å². The van der Waals surface area contributed by atoms with Gasteiger partial charge in [0.15, 0.2) is 0 Å². The van der Waals surface area contributed by atoms with E-state index in [1.165, 1.54) is 0 Å². The van der Waals surface area contributed by atoms with E-state index in [9.17, 15) is 4.79 Å². The summed E-state index contributed by atoms with van der Waals surface area (Å²) >= 11 is 21.1. The van der Waals surface area contributed by atoms with Crippen molar-refractivity contribution in [2.45, 2.75) is 18.9 Å². The maximum Gasteiger partial charge on any atom is 0.253 e. The summed E-state index contributed by atoms with van der Waals surface area (Å²) in [6, 6.07) is 5.09. The first-order chi connectivity index (χ1) is 8.48. The predicted molar refractivity (Wildman–Crippen MR) is 81.1 cm³/mol. The Bertz CT molecular complexity index is 427. The van der Waals surface area contributed by atoms with Crippen LogP contribution < -0.4 is 5.32 Å². The molecule has 1 aromatic rings. The van der Waals surface area contributed by atoms with Crippen molar-refractivity contribution in [2.24, 2.45) is 0 Å². The summed E-state index contributed by atoms with van der Waals surface area (Å²) in [5, 5.41) is 3.24. The highest BCUT2D eigenvalue weighted by molar-refractivity contribution is 9.10. The van der Waals surface area contributed by atoms with Crippen LogP contribution in [0.2, 0.25) is 5.02 Å². The summed E-state index contributed by atoms with van der Waals surface area (Å²) in [5.41, 5.74) is -0.190. The summed E-state index contributed by atoms with van der Waals surface area (Å²) in [7, 11) is 0. The Balaban J connectivity index is 2.94. The van der Waals surface area contributed by atoms with E-state index in [1.807, 2.05) is 6.92 Å². The van der Waals surface area contributed by atoms with Gasteiger partial charge in [-0.2, -0.15) is 0 Å². The molecule has 6 heteroatoms. The highest BCUT2D eigenvalue weighted by Gasteiger charge is 2.29. The Morgan fingerprint density at radius 3 is 2.44 bits per heavy atom. The van der Waals surface area contributed by atoms with Crippen LogP contribution in [0.5, 0.6) is 0 Å². The van der Waals surface area contributed by atoms with Crippen molar-refractivity contribution in [1.29, 1.82) is 0 Å². The molecule has 0 saturated carbocycles. The molecule has 2 nitrogen and oxygen atoms in total. The third kappa shape index (κ3) is 3.77. The Kier molecular flexibility index (Phi) is 6.25. The minimum Gasteiger partial charge on any atom is -0.344 e. The molecule has 18 heavy (non-hydrogen) atoms. The molecule has 0 aliphatic heterocycles. The van der Waals surface area contributed by atoms with Crippen molar-refractivity contribution in [3.05, 3.63) is 33.3 Å². The minimum atomic E-state index is -0.601. The molecule has 0 saturated heterocycles. The van der Waals surface area contributed by atoms with Crippen LogP contribution in [-0.2, 0) is 0 Å². The van der Waals surface area contributed by atoms with Crippen LogP contribution in [0.3, 0.4) is 0 Å². The second kappa shape index (κ2) is 6.99. The third-order valence-corrected chi connectivity index (χ3v) is 4.57. The molecule has 0 heterocycles. The van der Waals surface area contributed by atoms with E-state index >= 15 is 0 Å². The van der Waals surface area contributed by atoms with Gasteiger partial charge in [0.05, 0.1) is 16.1 Å². The van der Waals surface area contributed by atoms with Crippen molar-refractivity contribution in [3.8, 4) is 0 Å². The number of nitrogens with one attached hydrogen (secondary N) is 1. The molecule has 0 aromatic heterocycles. The number of alkyl halides is 2. The zero-order chi connectivity index (χ0) is 13.8. The van der Waals surface area contributed by atoms with Gasteiger partial charge in [0, 0.05) is 16.2 Å². The van der Waals surface area contributed by atoms with Crippen molar-refractivity contribution in [3.63, 3.8) is 0 Å². The number of hydrogen-bond acceptors (Lipinski definition) is 1. The van der Waals surface area contributed by atoms with Crippen LogP contribution in [0.4, 0.5) is 0 Å². The fraction of sp³-hybridized carbons (Fsp3) is 0.417. The molecule has 100 valence electrons. The van der Waals surface area contributed by atoms with Crippen molar-refractivity contribution in [1.82, 2.24) is 5.32 Å². The molecule has 0 bridgehead atoms. The number of amides is 1. The average Bonchev–Trinajstić information content (AvgIpc) is 2.36. The van der Waals surface area contributed by atoms with E-state index < -0.39 is 5.54 Å². The Labute approximate surface area is 130 Å². The lowest BCUT2D eigenvalue weighted by molar-refractivity contribution is 0.0913. The van der Waals surface area contributed by atoms with Crippen LogP contribution in [-0.4, -0.2) is 23.2 Å². The minimum absolute atomic E-state index is 0.257. The van der Waals surface area contributed by atoms with E-state index in [0.29, 0.717) is 17.0 Å². The molecule has 0 fully saturated rings. The molecule has 1 N–H and O–H groups in total. The monoisotopic (exact) mass is 371 g/mol. The Hall–Kier alpha value is 0.0400.